The summed E-state index contributed by atoms with van der Waals surface area (Å²) in [7, 11) is 0. The van der Waals surface area contributed by atoms with E-state index in [-0.39, 0.29) is 23.0 Å². The normalized spacial score (nSPS) is 29.8. The first kappa shape index (κ1) is 23.7. The van der Waals surface area contributed by atoms with E-state index in [0.717, 1.165) is 30.4 Å². The number of benzene rings is 2. The van der Waals surface area contributed by atoms with Gasteiger partial charge in [-0.25, -0.2) is 4.39 Å². The summed E-state index contributed by atoms with van der Waals surface area (Å²) in [6, 6.07) is 13.6. The van der Waals surface area contributed by atoms with Crippen molar-refractivity contribution in [3.63, 3.8) is 0 Å². The largest absolute Gasteiger partial charge is 0.489 e. The maximum atomic E-state index is 13.4. The van der Waals surface area contributed by atoms with Crippen LogP contribution in [0.25, 0.3) is 6.08 Å². The van der Waals surface area contributed by atoms with Gasteiger partial charge >= 0.3 is 0 Å². The van der Waals surface area contributed by atoms with E-state index < -0.39 is 0 Å². The first-order valence-corrected chi connectivity index (χ1v) is 13.7. The summed E-state index contributed by atoms with van der Waals surface area (Å²) in [6.45, 7) is 0.335. The molecule has 8 heteroatoms. The number of ether oxygens (including phenoxy) is 1. The summed E-state index contributed by atoms with van der Waals surface area (Å²) < 4.78 is 19.2. The Balaban J connectivity index is 1.09. The van der Waals surface area contributed by atoms with Crippen molar-refractivity contribution in [3.8, 4) is 5.75 Å². The molecular formula is C28H27FN2O3S2. The Bertz CT molecular complexity index is 1210. The Morgan fingerprint density at radius 2 is 1.67 bits per heavy atom. The second kappa shape index (κ2) is 9.30. The van der Waals surface area contributed by atoms with Gasteiger partial charge in [0, 0.05) is 0 Å². The van der Waals surface area contributed by atoms with Crippen molar-refractivity contribution in [1.82, 2.24) is 10.4 Å². The van der Waals surface area contributed by atoms with Crippen LogP contribution in [0.2, 0.25) is 0 Å². The number of carbonyl (C=O) groups is 2. The maximum absolute atomic E-state index is 13.4. The molecule has 1 N–H and O–H groups in total. The van der Waals surface area contributed by atoms with Crippen LogP contribution in [0.4, 0.5) is 4.39 Å². The minimum atomic E-state index is -0.342. The number of amides is 2. The number of hydrogen-bond acceptors (Lipinski definition) is 5. The number of thioether (sulfide) groups is 1. The molecule has 0 spiro atoms. The standard InChI is InChI=1S/C28H27FN2O3S2/c29-22-5-1-18(2-6-22)16-34-23-7-3-17(4-8-23)12-24-25(32)31(27(35)36-24)30-26(33)28-13-19-9-20(14-28)11-21(10-19)15-28/h1-8,12,19-21H,9-11,13-16H2,(H,30,33)/b24-12-. The fourth-order valence-corrected chi connectivity index (χ4v) is 7.91. The zero-order chi connectivity index (χ0) is 24.9. The van der Waals surface area contributed by atoms with Crippen LogP contribution in [0, 0.1) is 29.0 Å². The molecule has 5 fully saturated rings. The summed E-state index contributed by atoms with van der Waals surface area (Å²) in [5.74, 6) is 2.01. The van der Waals surface area contributed by atoms with Gasteiger partial charge in [0.2, 0.25) is 5.91 Å². The summed E-state index contributed by atoms with van der Waals surface area (Å²) in [5, 5.41) is 1.26. The minimum Gasteiger partial charge on any atom is -0.489 e. The summed E-state index contributed by atoms with van der Waals surface area (Å²) in [5.41, 5.74) is 4.26. The molecule has 5 aliphatic rings. The van der Waals surface area contributed by atoms with E-state index in [2.05, 4.69) is 5.43 Å². The average molecular weight is 523 g/mol. The lowest BCUT2D eigenvalue weighted by molar-refractivity contribution is -0.152. The lowest BCUT2D eigenvalue weighted by Gasteiger charge is -2.55. The molecule has 1 heterocycles. The first-order valence-electron chi connectivity index (χ1n) is 12.4. The number of hydrogen-bond donors (Lipinski definition) is 1. The third-order valence-corrected chi connectivity index (χ3v) is 9.33. The van der Waals surface area contributed by atoms with Gasteiger partial charge in [0.05, 0.1) is 10.3 Å². The molecule has 5 nitrogen and oxygen atoms in total. The molecular weight excluding hydrogens is 495 g/mol. The highest BCUT2D eigenvalue weighted by atomic mass is 32.2. The van der Waals surface area contributed by atoms with Gasteiger partial charge in [0.1, 0.15) is 18.2 Å². The van der Waals surface area contributed by atoms with E-state index in [0.29, 0.717) is 39.3 Å². The molecule has 1 aliphatic heterocycles. The van der Waals surface area contributed by atoms with Crippen LogP contribution in [0.5, 0.6) is 5.75 Å². The summed E-state index contributed by atoms with van der Waals surface area (Å²) >= 11 is 6.65. The molecule has 2 aromatic carbocycles. The molecule has 0 aromatic heterocycles. The van der Waals surface area contributed by atoms with Crippen LogP contribution in [0.3, 0.4) is 0 Å². The Morgan fingerprint density at radius 3 is 2.28 bits per heavy atom. The maximum Gasteiger partial charge on any atom is 0.285 e. The van der Waals surface area contributed by atoms with E-state index in [4.69, 9.17) is 17.0 Å². The predicted molar refractivity (Wildman–Crippen MR) is 141 cm³/mol. The molecule has 2 aromatic rings. The first-order chi connectivity index (χ1) is 17.4. The second-order valence-corrected chi connectivity index (χ2v) is 12.3. The highest BCUT2D eigenvalue weighted by molar-refractivity contribution is 8.26. The molecule has 1 saturated heterocycles. The average Bonchev–Trinajstić information content (AvgIpc) is 3.11. The van der Waals surface area contributed by atoms with Crippen LogP contribution in [-0.4, -0.2) is 21.1 Å². The zero-order valence-electron chi connectivity index (χ0n) is 19.7. The monoisotopic (exact) mass is 522 g/mol. The van der Waals surface area contributed by atoms with Crippen molar-refractivity contribution in [2.75, 3.05) is 0 Å². The van der Waals surface area contributed by atoms with Gasteiger partial charge < -0.3 is 4.74 Å². The number of carbonyl (C=O) groups excluding carboxylic acids is 2. The number of nitrogens with one attached hydrogen (secondary N) is 1. The van der Waals surface area contributed by atoms with Crippen molar-refractivity contribution in [3.05, 3.63) is 70.4 Å². The SMILES string of the molecule is O=C1/C(=C/c2ccc(OCc3ccc(F)cc3)cc2)SC(=S)N1NC(=O)C12CC3CC(CC(C3)C1)C2. The van der Waals surface area contributed by atoms with E-state index in [1.165, 1.54) is 48.2 Å². The Labute approximate surface area is 219 Å². The molecule has 4 saturated carbocycles. The lowest BCUT2D eigenvalue weighted by atomic mass is 9.49. The van der Waals surface area contributed by atoms with Gasteiger partial charge in [-0.15, -0.1) is 0 Å². The van der Waals surface area contributed by atoms with Gasteiger partial charge in [-0.3, -0.25) is 15.0 Å². The molecule has 4 aliphatic carbocycles. The quantitative estimate of drug-likeness (QED) is 0.381. The molecule has 0 radical (unpaired) electrons. The number of thiocarbonyl (C=S) groups is 1. The van der Waals surface area contributed by atoms with Gasteiger partial charge in [0.25, 0.3) is 5.91 Å². The number of hydrazine groups is 1. The minimum absolute atomic E-state index is 0.0400. The highest BCUT2D eigenvalue weighted by Gasteiger charge is 2.55. The number of nitrogens with zero attached hydrogens (tertiary/aromatic N) is 1. The number of halogens is 1. The Kier molecular flexibility index (Phi) is 6.12. The Hall–Kier alpha value is -2.71. The van der Waals surface area contributed by atoms with Crippen molar-refractivity contribution in [2.45, 2.75) is 45.1 Å². The van der Waals surface area contributed by atoms with Gasteiger partial charge in [0.15, 0.2) is 4.32 Å². The second-order valence-electron chi connectivity index (χ2n) is 10.6. The molecule has 7 rings (SSSR count). The van der Waals surface area contributed by atoms with Crippen LogP contribution in [0.1, 0.15) is 49.7 Å². The van der Waals surface area contributed by atoms with Crippen molar-refractivity contribution >= 4 is 46.2 Å². The molecule has 4 bridgehead atoms. The fraction of sp³-hybridized carbons (Fsp3) is 0.393. The Morgan fingerprint density at radius 1 is 1.06 bits per heavy atom. The van der Waals surface area contributed by atoms with Crippen molar-refractivity contribution in [2.24, 2.45) is 23.2 Å². The molecule has 2 amide bonds. The van der Waals surface area contributed by atoms with Crippen LogP contribution >= 0.6 is 24.0 Å². The van der Waals surface area contributed by atoms with Crippen LogP contribution < -0.4 is 10.2 Å². The van der Waals surface area contributed by atoms with Gasteiger partial charge in [-0.1, -0.05) is 36.0 Å². The molecule has 0 atom stereocenters. The summed E-state index contributed by atoms with van der Waals surface area (Å²) in [4.78, 5) is 27.0. The molecule has 186 valence electrons. The van der Waals surface area contributed by atoms with E-state index in [9.17, 15) is 14.0 Å². The topological polar surface area (TPSA) is 58.6 Å². The van der Waals surface area contributed by atoms with E-state index in [1.54, 1.807) is 18.2 Å². The fourth-order valence-electron chi connectivity index (χ4n) is 6.73. The molecule has 0 unspecified atom stereocenters. The zero-order valence-corrected chi connectivity index (χ0v) is 21.4. The van der Waals surface area contributed by atoms with Crippen molar-refractivity contribution in [1.29, 1.82) is 0 Å². The highest BCUT2D eigenvalue weighted by Crippen LogP contribution is 2.60. The summed E-state index contributed by atoms with van der Waals surface area (Å²) in [6.07, 6.45) is 8.35. The smallest absolute Gasteiger partial charge is 0.285 e. The van der Waals surface area contributed by atoms with Crippen LogP contribution in [0.15, 0.2) is 53.4 Å². The van der Waals surface area contributed by atoms with Gasteiger partial charge in [-0.05, 0) is 110 Å². The lowest BCUT2D eigenvalue weighted by Crippen LogP contribution is -2.57. The molecule has 36 heavy (non-hydrogen) atoms. The third kappa shape index (κ3) is 4.57. The number of rotatable bonds is 6. The van der Waals surface area contributed by atoms with Gasteiger partial charge in [-0.2, -0.15) is 5.01 Å². The third-order valence-electron chi connectivity index (χ3n) is 8.02. The predicted octanol–water partition coefficient (Wildman–Crippen LogP) is 5.85. The van der Waals surface area contributed by atoms with E-state index >= 15 is 0 Å². The van der Waals surface area contributed by atoms with Crippen molar-refractivity contribution < 1.29 is 18.7 Å². The van der Waals surface area contributed by atoms with Crippen LogP contribution in [-0.2, 0) is 16.2 Å². The van der Waals surface area contributed by atoms with E-state index in [1.807, 2.05) is 24.3 Å².